The molecule has 0 aliphatic heterocycles. The molecule has 0 saturated heterocycles. The first kappa shape index (κ1) is 15.0. The van der Waals surface area contributed by atoms with Gasteiger partial charge in [-0.1, -0.05) is 24.3 Å². The summed E-state index contributed by atoms with van der Waals surface area (Å²) in [7, 11) is 0. The molecule has 2 aromatic carbocycles. The molecule has 2 rings (SSSR count). The number of rotatable bonds is 7. The standard InChI is InChI=1S/C16H16FNO3/c17-15-10-12(6-7-14(15)16(19)20)11-18-8-9-21-13-4-2-1-3-5-13/h1-7,10,18H,8-9,11H2,(H,19,20). The molecule has 110 valence electrons. The van der Waals surface area contributed by atoms with E-state index in [1.165, 1.54) is 12.1 Å². The van der Waals surface area contributed by atoms with E-state index in [4.69, 9.17) is 9.84 Å². The van der Waals surface area contributed by atoms with Crippen LogP contribution in [-0.2, 0) is 6.54 Å². The molecule has 2 aromatic rings. The molecule has 0 atom stereocenters. The third-order valence-corrected chi connectivity index (χ3v) is 2.88. The van der Waals surface area contributed by atoms with Crippen LogP contribution in [0.15, 0.2) is 48.5 Å². The summed E-state index contributed by atoms with van der Waals surface area (Å²) in [6.45, 7) is 1.56. The topological polar surface area (TPSA) is 58.6 Å². The minimum atomic E-state index is -1.26. The van der Waals surface area contributed by atoms with Gasteiger partial charge in [0.05, 0.1) is 5.56 Å². The third kappa shape index (κ3) is 4.57. The van der Waals surface area contributed by atoms with Gasteiger partial charge in [-0.3, -0.25) is 0 Å². The zero-order valence-corrected chi connectivity index (χ0v) is 11.4. The molecule has 21 heavy (non-hydrogen) atoms. The lowest BCUT2D eigenvalue weighted by molar-refractivity contribution is 0.0692. The van der Waals surface area contributed by atoms with Crippen molar-refractivity contribution in [2.24, 2.45) is 0 Å². The van der Waals surface area contributed by atoms with Crippen LogP contribution in [0.25, 0.3) is 0 Å². The maximum absolute atomic E-state index is 13.5. The predicted octanol–water partition coefficient (Wildman–Crippen LogP) is 2.69. The predicted molar refractivity (Wildman–Crippen MR) is 77.0 cm³/mol. The Labute approximate surface area is 122 Å². The summed E-state index contributed by atoms with van der Waals surface area (Å²) in [6.07, 6.45) is 0. The lowest BCUT2D eigenvalue weighted by Gasteiger charge is -2.08. The van der Waals surface area contributed by atoms with E-state index in [0.717, 1.165) is 5.75 Å². The Morgan fingerprint density at radius 3 is 2.62 bits per heavy atom. The highest BCUT2D eigenvalue weighted by Crippen LogP contribution is 2.10. The van der Waals surface area contributed by atoms with Gasteiger partial charge in [0.1, 0.15) is 18.2 Å². The Morgan fingerprint density at radius 1 is 1.19 bits per heavy atom. The number of carbonyl (C=O) groups is 1. The summed E-state index contributed by atoms with van der Waals surface area (Å²) in [6, 6.07) is 13.6. The zero-order valence-electron chi connectivity index (χ0n) is 11.4. The van der Waals surface area contributed by atoms with Gasteiger partial charge in [-0.05, 0) is 29.8 Å². The summed E-state index contributed by atoms with van der Waals surface area (Å²) in [5.74, 6) is -1.18. The maximum Gasteiger partial charge on any atom is 0.338 e. The van der Waals surface area contributed by atoms with E-state index in [0.29, 0.717) is 25.3 Å². The molecular weight excluding hydrogens is 273 g/mol. The number of para-hydroxylation sites is 1. The first-order valence-electron chi connectivity index (χ1n) is 6.57. The van der Waals surface area contributed by atoms with Crippen molar-refractivity contribution >= 4 is 5.97 Å². The van der Waals surface area contributed by atoms with Crippen LogP contribution in [0, 0.1) is 5.82 Å². The number of carboxylic acids is 1. The van der Waals surface area contributed by atoms with E-state index in [1.807, 2.05) is 30.3 Å². The number of halogens is 1. The van der Waals surface area contributed by atoms with Crippen LogP contribution in [0.3, 0.4) is 0 Å². The molecule has 5 heteroatoms. The van der Waals surface area contributed by atoms with Crippen molar-refractivity contribution in [3.63, 3.8) is 0 Å². The van der Waals surface area contributed by atoms with Gasteiger partial charge in [0.25, 0.3) is 0 Å². The van der Waals surface area contributed by atoms with E-state index in [-0.39, 0.29) is 5.56 Å². The molecule has 0 radical (unpaired) electrons. The van der Waals surface area contributed by atoms with Crippen LogP contribution in [0.5, 0.6) is 5.75 Å². The number of ether oxygens (including phenoxy) is 1. The van der Waals surface area contributed by atoms with Crippen molar-refractivity contribution in [3.05, 3.63) is 65.5 Å². The van der Waals surface area contributed by atoms with Crippen molar-refractivity contribution in [3.8, 4) is 5.75 Å². The molecule has 2 N–H and O–H groups in total. The summed E-state index contributed by atoms with van der Waals surface area (Å²) in [4.78, 5) is 10.7. The number of nitrogens with one attached hydrogen (secondary N) is 1. The van der Waals surface area contributed by atoms with Crippen LogP contribution < -0.4 is 10.1 Å². The SMILES string of the molecule is O=C(O)c1ccc(CNCCOc2ccccc2)cc1F. The van der Waals surface area contributed by atoms with Crippen molar-refractivity contribution < 1.29 is 19.0 Å². The fraction of sp³-hybridized carbons (Fsp3) is 0.188. The second-order valence-corrected chi connectivity index (χ2v) is 4.46. The summed E-state index contributed by atoms with van der Waals surface area (Å²) in [5, 5.41) is 11.8. The molecular formula is C16H16FNO3. The Hall–Kier alpha value is -2.40. The van der Waals surface area contributed by atoms with E-state index >= 15 is 0 Å². The van der Waals surface area contributed by atoms with Gasteiger partial charge in [0, 0.05) is 13.1 Å². The largest absolute Gasteiger partial charge is 0.492 e. The van der Waals surface area contributed by atoms with Crippen molar-refractivity contribution in [2.45, 2.75) is 6.54 Å². The smallest absolute Gasteiger partial charge is 0.338 e. The van der Waals surface area contributed by atoms with Gasteiger partial charge in [-0.15, -0.1) is 0 Å². The first-order chi connectivity index (χ1) is 10.2. The van der Waals surface area contributed by atoms with Crippen LogP contribution in [0.1, 0.15) is 15.9 Å². The Kier molecular flexibility index (Phi) is 5.29. The lowest BCUT2D eigenvalue weighted by Crippen LogP contribution is -2.20. The quantitative estimate of drug-likeness (QED) is 0.769. The van der Waals surface area contributed by atoms with E-state index in [9.17, 15) is 9.18 Å². The van der Waals surface area contributed by atoms with Crippen LogP contribution in [-0.4, -0.2) is 24.2 Å². The van der Waals surface area contributed by atoms with Gasteiger partial charge in [-0.2, -0.15) is 0 Å². The Balaban J connectivity index is 1.74. The second-order valence-electron chi connectivity index (χ2n) is 4.46. The fourth-order valence-electron chi connectivity index (χ4n) is 1.83. The number of benzene rings is 2. The van der Waals surface area contributed by atoms with E-state index < -0.39 is 11.8 Å². The van der Waals surface area contributed by atoms with Gasteiger partial charge < -0.3 is 15.2 Å². The van der Waals surface area contributed by atoms with Gasteiger partial charge in [0.2, 0.25) is 0 Å². The molecule has 4 nitrogen and oxygen atoms in total. The molecule has 0 bridgehead atoms. The van der Waals surface area contributed by atoms with E-state index in [2.05, 4.69) is 5.32 Å². The second kappa shape index (κ2) is 7.40. The minimum Gasteiger partial charge on any atom is -0.492 e. The molecule has 0 saturated carbocycles. The maximum atomic E-state index is 13.5. The van der Waals surface area contributed by atoms with Gasteiger partial charge >= 0.3 is 5.97 Å². The van der Waals surface area contributed by atoms with Gasteiger partial charge in [0.15, 0.2) is 0 Å². The Bertz CT molecular complexity index is 602. The summed E-state index contributed by atoms with van der Waals surface area (Å²) < 4.78 is 19.0. The van der Waals surface area contributed by atoms with Crippen molar-refractivity contribution in [2.75, 3.05) is 13.2 Å². The average molecular weight is 289 g/mol. The highest BCUT2D eigenvalue weighted by Gasteiger charge is 2.09. The summed E-state index contributed by atoms with van der Waals surface area (Å²) in [5.41, 5.74) is 0.378. The molecule has 0 unspecified atom stereocenters. The van der Waals surface area contributed by atoms with E-state index in [1.54, 1.807) is 6.07 Å². The lowest BCUT2D eigenvalue weighted by atomic mass is 10.1. The number of aromatic carboxylic acids is 1. The molecule has 0 fully saturated rings. The van der Waals surface area contributed by atoms with Gasteiger partial charge in [-0.25, -0.2) is 9.18 Å². The average Bonchev–Trinajstić information content (AvgIpc) is 2.47. The fourth-order valence-corrected chi connectivity index (χ4v) is 1.83. The number of carboxylic acid groups (broad SMARTS) is 1. The molecule has 0 aromatic heterocycles. The highest BCUT2D eigenvalue weighted by atomic mass is 19.1. The normalized spacial score (nSPS) is 10.3. The number of hydrogen-bond acceptors (Lipinski definition) is 3. The monoisotopic (exact) mass is 289 g/mol. The molecule has 0 amide bonds. The molecule has 0 aliphatic rings. The molecule has 0 spiro atoms. The van der Waals surface area contributed by atoms with Crippen molar-refractivity contribution in [1.82, 2.24) is 5.32 Å². The van der Waals surface area contributed by atoms with Crippen LogP contribution >= 0.6 is 0 Å². The highest BCUT2D eigenvalue weighted by molar-refractivity contribution is 5.87. The number of hydrogen-bond donors (Lipinski definition) is 2. The minimum absolute atomic E-state index is 0.314. The Morgan fingerprint density at radius 2 is 1.95 bits per heavy atom. The first-order valence-corrected chi connectivity index (χ1v) is 6.57. The molecule has 0 aliphatic carbocycles. The summed E-state index contributed by atoms with van der Waals surface area (Å²) >= 11 is 0. The van der Waals surface area contributed by atoms with Crippen molar-refractivity contribution in [1.29, 1.82) is 0 Å². The zero-order chi connectivity index (χ0) is 15.1. The van der Waals surface area contributed by atoms with Crippen LogP contribution in [0.2, 0.25) is 0 Å². The van der Waals surface area contributed by atoms with Crippen LogP contribution in [0.4, 0.5) is 4.39 Å². The molecule has 0 heterocycles. The third-order valence-electron chi connectivity index (χ3n) is 2.88.